The minimum atomic E-state index is 0.585. The third-order valence-corrected chi connectivity index (χ3v) is 9.94. The summed E-state index contributed by atoms with van der Waals surface area (Å²) in [5.41, 5.74) is 1.92. The second-order valence-corrected chi connectivity index (χ2v) is 10.9. The van der Waals surface area contributed by atoms with Crippen molar-refractivity contribution in [2.45, 2.75) is 92.4 Å². The van der Waals surface area contributed by atoms with E-state index in [-0.39, 0.29) is 0 Å². The van der Waals surface area contributed by atoms with Crippen molar-refractivity contribution in [1.29, 1.82) is 0 Å². The van der Waals surface area contributed by atoms with Gasteiger partial charge in [0.15, 0.2) is 0 Å². The van der Waals surface area contributed by atoms with Gasteiger partial charge in [-0.05, 0) is 97.2 Å². The molecule has 0 aromatic carbocycles. The Balaban J connectivity index is 1.64. The van der Waals surface area contributed by atoms with Gasteiger partial charge in [0, 0.05) is 0 Å². The Bertz CT molecular complexity index is 449. The quantitative estimate of drug-likeness (QED) is 0.467. The van der Waals surface area contributed by atoms with E-state index < -0.39 is 0 Å². The fourth-order valence-electron chi connectivity index (χ4n) is 7.97. The van der Waals surface area contributed by atoms with Crippen LogP contribution in [0.25, 0.3) is 0 Å². The van der Waals surface area contributed by atoms with E-state index in [2.05, 4.69) is 34.6 Å². The topological polar surface area (TPSA) is 0 Å². The first-order valence-electron chi connectivity index (χ1n) is 10.3. The lowest BCUT2D eigenvalue weighted by Gasteiger charge is -2.62. The van der Waals surface area contributed by atoms with Gasteiger partial charge in [-0.1, -0.05) is 41.0 Å². The summed E-state index contributed by atoms with van der Waals surface area (Å²) in [6.07, 6.45) is 13.8. The first-order valence-corrected chi connectivity index (χ1v) is 10.3. The van der Waals surface area contributed by atoms with Crippen LogP contribution in [0.5, 0.6) is 0 Å². The van der Waals surface area contributed by atoms with Crippen molar-refractivity contribution in [3.63, 3.8) is 0 Å². The van der Waals surface area contributed by atoms with Gasteiger partial charge >= 0.3 is 0 Å². The normalized spacial score (nSPS) is 56.9. The minimum Gasteiger partial charge on any atom is -0.0625 e. The molecule has 0 heterocycles. The largest absolute Gasteiger partial charge is 0.0625 e. The number of fused-ring (bicyclic) bond motifs is 5. The highest BCUT2D eigenvalue weighted by atomic mass is 14.7. The summed E-state index contributed by atoms with van der Waals surface area (Å²) in [5.74, 6) is 5.21. The van der Waals surface area contributed by atoms with Crippen LogP contribution in [0.1, 0.15) is 92.4 Å². The van der Waals surface area contributed by atoms with Crippen LogP contribution in [0.2, 0.25) is 0 Å². The monoisotopic (exact) mass is 302 g/mol. The average molecular weight is 303 g/mol. The van der Waals surface area contributed by atoms with Gasteiger partial charge in [0.1, 0.15) is 0 Å². The summed E-state index contributed by atoms with van der Waals surface area (Å²) in [7, 11) is 0. The van der Waals surface area contributed by atoms with E-state index in [1.54, 1.807) is 19.3 Å². The molecular formula is C22H38. The Kier molecular flexibility index (Phi) is 3.36. The standard InChI is InChI=1S/C22H38/c1-15-8-12-21(4)16(14-15)6-7-17-18(21)10-13-22(5)19(17)9-11-20(22,2)3/h15-19H,6-14H2,1-5H3/t15?,16-,17?,18?,19?,21?,22?/m1/s1. The van der Waals surface area contributed by atoms with Gasteiger partial charge in [-0.2, -0.15) is 0 Å². The molecular weight excluding hydrogens is 264 g/mol. The molecule has 4 saturated carbocycles. The summed E-state index contributed by atoms with van der Waals surface area (Å²) in [4.78, 5) is 0. The molecule has 0 nitrogen and oxygen atoms in total. The van der Waals surface area contributed by atoms with Crippen LogP contribution >= 0.6 is 0 Å². The molecule has 4 fully saturated rings. The zero-order valence-electron chi connectivity index (χ0n) is 15.8. The summed E-state index contributed by atoms with van der Waals surface area (Å²) in [5, 5.41) is 0. The lowest BCUT2D eigenvalue weighted by atomic mass is 9.43. The van der Waals surface area contributed by atoms with E-state index in [1.807, 2.05) is 0 Å². The molecule has 0 spiro atoms. The molecule has 4 aliphatic rings. The van der Waals surface area contributed by atoms with E-state index in [0.29, 0.717) is 16.2 Å². The molecule has 7 atom stereocenters. The fraction of sp³-hybridized carbons (Fsp3) is 1.00. The summed E-state index contributed by atoms with van der Waals surface area (Å²) in [6, 6.07) is 0. The Morgan fingerprint density at radius 1 is 0.727 bits per heavy atom. The van der Waals surface area contributed by atoms with Crippen LogP contribution in [0.3, 0.4) is 0 Å². The predicted octanol–water partition coefficient (Wildman–Crippen LogP) is 6.69. The van der Waals surface area contributed by atoms with Crippen molar-refractivity contribution in [3.8, 4) is 0 Å². The Hall–Kier alpha value is 0. The van der Waals surface area contributed by atoms with Gasteiger partial charge in [-0.25, -0.2) is 0 Å². The van der Waals surface area contributed by atoms with Crippen LogP contribution in [-0.4, -0.2) is 0 Å². The molecule has 22 heavy (non-hydrogen) atoms. The molecule has 0 aliphatic heterocycles. The van der Waals surface area contributed by atoms with Crippen molar-refractivity contribution in [2.75, 3.05) is 0 Å². The number of hydrogen-bond donors (Lipinski definition) is 0. The number of hydrogen-bond acceptors (Lipinski definition) is 0. The van der Waals surface area contributed by atoms with Gasteiger partial charge in [0.25, 0.3) is 0 Å². The highest BCUT2D eigenvalue weighted by molar-refractivity contribution is 5.11. The van der Waals surface area contributed by atoms with Gasteiger partial charge in [-0.15, -0.1) is 0 Å². The smallest absolute Gasteiger partial charge is 0.0243 e. The Morgan fingerprint density at radius 3 is 2.23 bits per heavy atom. The van der Waals surface area contributed by atoms with Crippen molar-refractivity contribution >= 4 is 0 Å². The lowest BCUT2D eigenvalue weighted by molar-refractivity contribution is -0.126. The maximum absolute atomic E-state index is 2.71. The van der Waals surface area contributed by atoms with E-state index >= 15 is 0 Å². The van der Waals surface area contributed by atoms with Crippen LogP contribution < -0.4 is 0 Å². The maximum atomic E-state index is 2.71. The summed E-state index contributed by atoms with van der Waals surface area (Å²) < 4.78 is 0. The predicted molar refractivity (Wildman–Crippen MR) is 94.7 cm³/mol. The second kappa shape index (κ2) is 4.76. The molecule has 0 amide bonds. The van der Waals surface area contributed by atoms with Crippen molar-refractivity contribution in [3.05, 3.63) is 0 Å². The highest BCUT2D eigenvalue weighted by Gasteiger charge is 2.61. The lowest BCUT2D eigenvalue weighted by Crippen LogP contribution is -2.54. The Labute approximate surface area is 138 Å². The van der Waals surface area contributed by atoms with Gasteiger partial charge < -0.3 is 0 Å². The molecule has 0 bridgehead atoms. The highest BCUT2D eigenvalue weighted by Crippen LogP contribution is 2.70. The van der Waals surface area contributed by atoms with Crippen LogP contribution in [0.4, 0.5) is 0 Å². The molecule has 4 aliphatic carbocycles. The molecule has 0 N–H and O–H groups in total. The number of rotatable bonds is 0. The third kappa shape index (κ3) is 1.88. The molecule has 0 aromatic heterocycles. The van der Waals surface area contributed by atoms with Crippen LogP contribution in [0, 0.1) is 45.8 Å². The van der Waals surface area contributed by atoms with Crippen molar-refractivity contribution in [2.24, 2.45) is 45.8 Å². The fourth-order valence-corrected chi connectivity index (χ4v) is 7.97. The van der Waals surface area contributed by atoms with Crippen molar-refractivity contribution in [1.82, 2.24) is 0 Å². The first-order chi connectivity index (χ1) is 10.3. The molecule has 6 unspecified atom stereocenters. The Morgan fingerprint density at radius 2 is 1.45 bits per heavy atom. The SMILES string of the molecule is CC1CCC2(C)C3CCC4(C)C(CCC4(C)C)C3CC[C@@H]2C1. The van der Waals surface area contributed by atoms with Crippen LogP contribution in [0.15, 0.2) is 0 Å². The van der Waals surface area contributed by atoms with Gasteiger partial charge in [0.05, 0.1) is 0 Å². The molecule has 0 aromatic rings. The van der Waals surface area contributed by atoms with E-state index in [1.165, 1.54) is 38.5 Å². The van der Waals surface area contributed by atoms with Crippen molar-refractivity contribution < 1.29 is 0 Å². The maximum Gasteiger partial charge on any atom is -0.0243 e. The summed E-state index contributed by atoms with van der Waals surface area (Å²) in [6.45, 7) is 13.0. The molecule has 4 rings (SSSR count). The zero-order chi connectivity index (χ0) is 15.8. The van der Waals surface area contributed by atoms with Gasteiger partial charge in [0.2, 0.25) is 0 Å². The average Bonchev–Trinajstić information content (AvgIpc) is 2.70. The molecule has 0 radical (unpaired) electrons. The zero-order valence-corrected chi connectivity index (χ0v) is 15.8. The molecule has 126 valence electrons. The third-order valence-electron chi connectivity index (χ3n) is 9.94. The molecule has 0 heteroatoms. The van der Waals surface area contributed by atoms with E-state index in [4.69, 9.17) is 0 Å². The molecule has 0 saturated heterocycles. The van der Waals surface area contributed by atoms with E-state index in [0.717, 1.165) is 29.6 Å². The second-order valence-electron chi connectivity index (χ2n) is 10.9. The van der Waals surface area contributed by atoms with Gasteiger partial charge in [-0.3, -0.25) is 0 Å². The van der Waals surface area contributed by atoms with Crippen LogP contribution in [-0.2, 0) is 0 Å². The summed E-state index contributed by atoms with van der Waals surface area (Å²) >= 11 is 0. The first kappa shape index (κ1) is 15.5. The minimum absolute atomic E-state index is 0.585. The van der Waals surface area contributed by atoms with E-state index in [9.17, 15) is 0 Å².